The zero-order chi connectivity index (χ0) is 12.1. The van der Waals surface area contributed by atoms with Crippen molar-refractivity contribution in [2.75, 3.05) is 24.6 Å². The highest BCUT2D eigenvalue weighted by Crippen LogP contribution is 2.18. The number of hydrogen-bond donors (Lipinski definition) is 4. The van der Waals surface area contributed by atoms with Gasteiger partial charge in [0.15, 0.2) is 0 Å². The molecule has 0 aliphatic heterocycles. The molecule has 1 rings (SSSR count). The second-order valence-corrected chi connectivity index (χ2v) is 3.14. The molecule has 0 aromatic heterocycles. The van der Waals surface area contributed by atoms with Crippen molar-refractivity contribution >= 4 is 23.3 Å². The topological polar surface area (TPSA) is 104 Å². The van der Waals surface area contributed by atoms with Gasteiger partial charge in [-0.15, -0.1) is 0 Å². The quantitative estimate of drug-likeness (QED) is 0.543. The number of benzene rings is 1. The molecule has 0 saturated heterocycles. The molecule has 5 N–H and O–H groups in total. The van der Waals surface area contributed by atoms with Crippen LogP contribution in [0.15, 0.2) is 18.2 Å². The molecule has 0 bridgehead atoms. The van der Waals surface area contributed by atoms with E-state index in [0.717, 1.165) is 0 Å². The molecule has 0 radical (unpaired) electrons. The number of likely N-dealkylation sites (N-methyl/N-ethyl adjacent to an activating group) is 1. The number of nitrogens with two attached hydrogens (primary N) is 1. The number of carbonyl (C=O) groups excluding carboxylic acids is 1. The third kappa shape index (κ3) is 2.88. The number of anilines is 2. The van der Waals surface area contributed by atoms with Crippen LogP contribution in [0.4, 0.5) is 11.4 Å². The maximum atomic E-state index is 11.0. The second kappa shape index (κ2) is 5.01. The fraction of sp³-hybridized carbons (Fsp3) is 0.200. The van der Waals surface area contributed by atoms with Gasteiger partial charge in [-0.3, -0.25) is 4.79 Å². The first kappa shape index (κ1) is 11.8. The molecule has 0 aliphatic rings. The molecule has 0 saturated carbocycles. The van der Waals surface area contributed by atoms with E-state index in [1.165, 1.54) is 25.2 Å². The molecule has 1 aromatic rings. The fourth-order valence-electron chi connectivity index (χ4n) is 1.16. The molecule has 0 heterocycles. The fourth-order valence-corrected chi connectivity index (χ4v) is 1.16. The van der Waals surface area contributed by atoms with E-state index in [1.807, 2.05) is 0 Å². The molecule has 6 heteroatoms. The Labute approximate surface area is 92.4 Å². The van der Waals surface area contributed by atoms with E-state index in [1.54, 1.807) is 0 Å². The first-order valence-corrected chi connectivity index (χ1v) is 4.62. The van der Waals surface area contributed by atoms with Crippen molar-refractivity contribution in [3.8, 4) is 0 Å². The maximum Gasteiger partial charge on any atom is 0.337 e. The Kier molecular flexibility index (Phi) is 3.71. The number of nitrogens with one attached hydrogen (secondary N) is 2. The Bertz CT molecular complexity index is 418. The van der Waals surface area contributed by atoms with E-state index < -0.39 is 5.97 Å². The van der Waals surface area contributed by atoms with Crippen molar-refractivity contribution < 1.29 is 14.7 Å². The van der Waals surface area contributed by atoms with Crippen LogP contribution in [-0.2, 0) is 4.79 Å². The Balaban J connectivity index is 2.88. The first-order valence-electron chi connectivity index (χ1n) is 4.62. The van der Waals surface area contributed by atoms with Crippen LogP contribution in [0, 0.1) is 0 Å². The number of rotatable bonds is 4. The predicted molar refractivity (Wildman–Crippen MR) is 60.4 cm³/mol. The summed E-state index contributed by atoms with van der Waals surface area (Å²) in [5, 5.41) is 14.0. The molecule has 1 amide bonds. The zero-order valence-corrected chi connectivity index (χ0v) is 8.78. The highest BCUT2D eigenvalue weighted by Gasteiger charge is 2.10. The lowest BCUT2D eigenvalue weighted by molar-refractivity contribution is -0.118. The maximum absolute atomic E-state index is 11.0. The van der Waals surface area contributed by atoms with E-state index in [-0.39, 0.29) is 18.0 Å². The van der Waals surface area contributed by atoms with Crippen molar-refractivity contribution in [2.24, 2.45) is 0 Å². The van der Waals surface area contributed by atoms with Gasteiger partial charge in [0.2, 0.25) is 5.91 Å². The first-order chi connectivity index (χ1) is 7.54. The highest BCUT2D eigenvalue weighted by atomic mass is 16.4. The Hall–Kier alpha value is -2.24. The molecule has 6 nitrogen and oxygen atoms in total. The van der Waals surface area contributed by atoms with Crippen LogP contribution in [0.3, 0.4) is 0 Å². The summed E-state index contributed by atoms with van der Waals surface area (Å²) >= 11 is 0. The van der Waals surface area contributed by atoms with Crippen LogP contribution >= 0.6 is 0 Å². The lowest BCUT2D eigenvalue weighted by Crippen LogP contribution is -2.26. The van der Waals surface area contributed by atoms with Gasteiger partial charge in [-0.1, -0.05) is 0 Å². The minimum atomic E-state index is -1.07. The molecule has 0 aliphatic carbocycles. The molecule has 0 unspecified atom stereocenters. The lowest BCUT2D eigenvalue weighted by atomic mass is 10.1. The minimum Gasteiger partial charge on any atom is -0.478 e. The van der Waals surface area contributed by atoms with Crippen LogP contribution in [-0.4, -0.2) is 30.6 Å². The molecular formula is C10H13N3O3. The smallest absolute Gasteiger partial charge is 0.337 e. The normalized spacial score (nSPS) is 9.56. The number of aromatic carboxylic acids is 1. The number of hydrogen-bond acceptors (Lipinski definition) is 4. The van der Waals surface area contributed by atoms with Crippen LogP contribution in [0.25, 0.3) is 0 Å². The van der Waals surface area contributed by atoms with E-state index in [0.29, 0.717) is 11.4 Å². The van der Waals surface area contributed by atoms with E-state index >= 15 is 0 Å². The van der Waals surface area contributed by atoms with Crippen molar-refractivity contribution in [1.82, 2.24) is 5.32 Å². The highest BCUT2D eigenvalue weighted by molar-refractivity contribution is 5.95. The summed E-state index contributed by atoms with van der Waals surface area (Å²) in [6.07, 6.45) is 0. The van der Waals surface area contributed by atoms with Gasteiger partial charge in [-0.2, -0.15) is 0 Å². The molecule has 86 valence electrons. The standard InChI is InChI=1S/C10H13N3O3/c1-12-9(14)5-13-8-4-6(11)2-3-7(8)10(15)16/h2-4,13H,5,11H2,1H3,(H,12,14)(H,15,16). The summed E-state index contributed by atoms with van der Waals surface area (Å²) in [5.41, 5.74) is 6.38. The monoisotopic (exact) mass is 223 g/mol. The molecule has 0 fully saturated rings. The third-order valence-corrected chi connectivity index (χ3v) is 1.99. The van der Waals surface area contributed by atoms with Crippen molar-refractivity contribution in [3.63, 3.8) is 0 Å². The van der Waals surface area contributed by atoms with Gasteiger partial charge in [-0.25, -0.2) is 4.79 Å². The molecular weight excluding hydrogens is 210 g/mol. The van der Waals surface area contributed by atoms with E-state index in [9.17, 15) is 9.59 Å². The summed E-state index contributed by atoms with van der Waals surface area (Å²) in [6, 6.07) is 4.37. The van der Waals surface area contributed by atoms with Crippen molar-refractivity contribution in [1.29, 1.82) is 0 Å². The summed E-state index contributed by atoms with van der Waals surface area (Å²) in [5.74, 6) is -1.31. The van der Waals surface area contributed by atoms with Crippen molar-refractivity contribution in [2.45, 2.75) is 0 Å². The van der Waals surface area contributed by atoms with Crippen LogP contribution < -0.4 is 16.4 Å². The van der Waals surface area contributed by atoms with Gasteiger partial charge in [0.05, 0.1) is 17.8 Å². The van der Waals surface area contributed by atoms with E-state index in [2.05, 4.69) is 10.6 Å². The van der Waals surface area contributed by atoms with Gasteiger partial charge < -0.3 is 21.5 Å². The van der Waals surface area contributed by atoms with Gasteiger partial charge in [0.25, 0.3) is 0 Å². The average molecular weight is 223 g/mol. The third-order valence-electron chi connectivity index (χ3n) is 1.99. The number of nitrogen functional groups attached to an aromatic ring is 1. The van der Waals surface area contributed by atoms with Crippen LogP contribution in [0.2, 0.25) is 0 Å². The summed E-state index contributed by atoms with van der Waals surface area (Å²) in [4.78, 5) is 21.9. The van der Waals surface area contributed by atoms with Gasteiger partial charge >= 0.3 is 5.97 Å². The lowest BCUT2D eigenvalue weighted by Gasteiger charge is -2.09. The van der Waals surface area contributed by atoms with Gasteiger partial charge in [-0.05, 0) is 18.2 Å². The van der Waals surface area contributed by atoms with Gasteiger partial charge in [0, 0.05) is 12.7 Å². The summed E-state index contributed by atoms with van der Waals surface area (Å²) in [7, 11) is 1.50. The molecule has 0 spiro atoms. The van der Waals surface area contributed by atoms with Crippen LogP contribution in [0.5, 0.6) is 0 Å². The molecule has 16 heavy (non-hydrogen) atoms. The van der Waals surface area contributed by atoms with Gasteiger partial charge in [0.1, 0.15) is 0 Å². The minimum absolute atomic E-state index is 0.000231. The largest absolute Gasteiger partial charge is 0.478 e. The Morgan fingerprint density at radius 1 is 1.44 bits per heavy atom. The summed E-state index contributed by atoms with van der Waals surface area (Å²) < 4.78 is 0. The Morgan fingerprint density at radius 2 is 2.12 bits per heavy atom. The van der Waals surface area contributed by atoms with Crippen LogP contribution in [0.1, 0.15) is 10.4 Å². The number of amides is 1. The van der Waals surface area contributed by atoms with Crippen molar-refractivity contribution in [3.05, 3.63) is 23.8 Å². The average Bonchev–Trinajstić information content (AvgIpc) is 2.25. The number of carboxylic acid groups (broad SMARTS) is 1. The summed E-state index contributed by atoms with van der Waals surface area (Å²) in [6.45, 7) is 0.000231. The zero-order valence-electron chi connectivity index (χ0n) is 8.78. The number of carbonyl (C=O) groups is 2. The second-order valence-electron chi connectivity index (χ2n) is 3.14. The van der Waals surface area contributed by atoms with E-state index in [4.69, 9.17) is 10.8 Å². The SMILES string of the molecule is CNC(=O)CNc1cc(N)ccc1C(=O)O. The molecule has 1 aromatic carbocycles. The predicted octanol–water partition coefficient (Wildman–Crippen LogP) is 0.125. The Morgan fingerprint density at radius 3 is 2.69 bits per heavy atom. The molecule has 0 atom stereocenters. The number of carboxylic acids is 1.